The predicted molar refractivity (Wildman–Crippen MR) is 84.6 cm³/mol. The second-order valence-electron chi connectivity index (χ2n) is 6.61. The highest BCUT2D eigenvalue weighted by Gasteiger charge is 2.45. The summed E-state index contributed by atoms with van der Waals surface area (Å²) in [5.41, 5.74) is 0.379. The van der Waals surface area contributed by atoms with Crippen LogP contribution < -0.4 is 0 Å². The molecule has 2 aromatic rings. The van der Waals surface area contributed by atoms with Crippen molar-refractivity contribution in [3.63, 3.8) is 0 Å². The summed E-state index contributed by atoms with van der Waals surface area (Å²) in [6.07, 6.45) is 4.14. The quantitative estimate of drug-likeness (QED) is 0.795. The topological polar surface area (TPSA) is 33.5 Å². The van der Waals surface area contributed by atoms with Crippen LogP contribution in [0.25, 0.3) is 11.0 Å². The number of para-hydroxylation sites is 1. The Morgan fingerprint density at radius 2 is 2.10 bits per heavy atom. The average molecular weight is 285 g/mol. The highest BCUT2D eigenvalue weighted by molar-refractivity contribution is 6.03. The van der Waals surface area contributed by atoms with Crippen molar-refractivity contribution in [2.45, 2.75) is 38.1 Å². The van der Waals surface area contributed by atoms with Gasteiger partial charge in [0.1, 0.15) is 5.58 Å². The van der Waals surface area contributed by atoms with Crippen LogP contribution in [0.5, 0.6) is 0 Å². The first-order valence-corrected chi connectivity index (χ1v) is 7.74. The smallest absolute Gasteiger partial charge is 0.218 e. The maximum Gasteiger partial charge on any atom is 0.218 e. The summed E-state index contributed by atoms with van der Waals surface area (Å²) in [4.78, 5) is 15.2. The van der Waals surface area contributed by atoms with Gasteiger partial charge in [0, 0.05) is 5.39 Å². The van der Waals surface area contributed by atoms with Gasteiger partial charge in [0.25, 0.3) is 0 Å². The molecule has 21 heavy (non-hydrogen) atoms. The molecule has 2 atom stereocenters. The minimum atomic E-state index is -0.411. The fourth-order valence-corrected chi connectivity index (χ4v) is 3.66. The van der Waals surface area contributed by atoms with Gasteiger partial charge in [-0.2, -0.15) is 0 Å². The van der Waals surface area contributed by atoms with Crippen molar-refractivity contribution in [3.05, 3.63) is 36.1 Å². The van der Waals surface area contributed by atoms with E-state index in [2.05, 4.69) is 11.8 Å². The molecule has 1 aliphatic carbocycles. The van der Waals surface area contributed by atoms with Gasteiger partial charge in [0.2, 0.25) is 5.78 Å². The normalized spacial score (nSPS) is 26.4. The average Bonchev–Trinajstić information content (AvgIpc) is 2.89. The fourth-order valence-electron chi connectivity index (χ4n) is 3.66. The van der Waals surface area contributed by atoms with E-state index in [9.17, 15) is 4.79 Å². The summed E-state index contributed by atoms with van der Waals surface area (Å²) in [5, 5.41) is 0.999. The molecule has 1 aliphatic rings. The van der Waals surface area contributed by atoms with E-state index in [4.69, 9.17) is 4.42 Å². The number of rotatable bonds is 3. The molecule has 2 unspecified atom stereocenters. The van der Waals surface area contributed by atoms with Crippen LogP contribution in [0, 0.1) is 5.92 Å². The third-order valence-electron chi connectivity index (χ3n) is 4.90. The number of Topliss-reactive ketones (excluding diaryl/α,β-unsaturated/α-hetero) is 1. The number of benzene rings is 1. The van der Waals surface area contributed by atoms with Gasteiger partial charge in [-0.05, 0) is 45.0 Å². The van der Waals surface area contributed by atoms with Crippen molar-refractivity contribution in [2.24, 2.45) is 5.92 Å². The van der Waals surface area contributed by atoms with E-state index in [0.29, 0.717) is 11.7 Å². The molecular formula is C18H23NO2. The Balaban J connectivity index is 2.01. The molecule has 1 aromatic carbocycles. The van der Waals surface area contributed by atoms with Crippen molar-refractivity contribution in [2.75, 3.05) is 14.1 Å². The number of ketones is 1. The largest absolute Gasteiger partial charge is 0.453 e. The van der Waals surface area contributed by atoms with Crippen molar-refractivity contribution in [1.29, 1.82) is 0 Å². The lowest BCUT2D eigenvalue weighted by Gasteiger charge is -2.43. The molecule has 3 nitrogen and oxygen atoms in total. The molecule has 1 saturated carbocycles. The van der Waals surface area contributed by atoms with Gasteiger partial charge in [-0.3, -0.25) is 9.69 Å². The lowest BCUT2D eigenvalue weighted by atomic mass is 9.72. The Labute approximate surface area is 125 Å². The van der Waals surface area contributed by atoms with Crippen LogP contribution >= 0.6 is 0 Å². The molecule has 112 valence electrons. The van der Waals surface area contributed by atoms with Crippen molar-refractivity contribution >= 4 is 16.8 Å². The van der Waals surface area contributed by atoms with Crippen LogP contribution in [0.4, 0.5) is 0 Å². The predicted octanol–water partition coefficient (Wildman–Crippen LogP) is 4.13. The number of carbonyl (C=O) groups excluding carboxylic acids is 1. The number of fused-ring (bicyclic) bond motifs is 1. The lowest BCUT2D eigenvalue weighted by Crippen LogP contribution is -2.53. The Morgan fingerprint density at radius 1 is 1.33 bits per heavy atom. The van der Waals surface area contributed by atoms with Crippen LogP contribution in [0.3, 0.4) is 0 Å². The van der Waals surface area contributed by atoms with E-state index in [1.807, 2.05) is 44.4 Å². The zero-order valence-electron chi connectivity index (χ0n) is 13.1. The maximum atomic E-state index is 13.1. The molecular weight excluding hydrogens is 262 g/mol. The molecule has 1 fully saturated rings. The monoisotopic (exact) mass is 285 g/mol. The number of carbonyl (C=O) groups is 1. The van der Waals surface area contributed by atoms with Gasteiger partial charge in [0.15, 0.2) is 5.76 Å². The van der Waals surface area contributed by atoms with E-state index in [-0.39, 0.29) is 5.78 Å². The van der Waals surface area contributed by atoms with Crippen LogP contribution in [0.1, 0.15) is 43.2 Å². The standard InChI is InChI=1S/C18H23NO2/c1-13-7-6-10-18(12-13,19(2)3)17(20)16-11-14-8-4-5-9-15(14)21-16/h4-5,8-9,11,13H,6-7,10,12H2,1-3H3. The van der Waals surface area contributed by atoms with Gasteiger partial charge in [0.05, 0.1) is 5.54 Å². The number of hydrogen-bond acceptors (Lipinski definition) is 3. The van der Waals surface area contributed by atoms with E-state index in [0.717, 1.165) is 30.2 Å². The summed E-state index contributed by atoms with van der Waals surface area (Å²) in [6, 6.07) is 9.70. The molecule has 3 rings (SSSR count). The Hall–Kier alpha value is -1.61. The summed E-state index contributed by atoms with van der Waals surface area (Å²) in [5.74, 6) is 1.21. The van der Waals surface area contributed by atoms with E-state index >= 15 is 0 Å². The molecule has 0 amide bonds. The third kappa shape index (κ3) is 2.40. The fraction of sp³-hybridized carbons (Fsp3) is 0.500. The molecule has 3 heteroatoms. The van der Waals surface area contributed by atoms with Crippen molar-refractivity contribution in [3.8, 4) is 0 Å². The highest BCUT2D eigenvalue weighted by atomic mass is 16.3. The van der Waals surface area contributed by atoms with Crippen LogP contribution in [0.2, 0.25) is 0 Å². The molecule has 0 N–H and O–H groups in total. The molecule has 0 aliphatic heterocycles. The molecule has 0 saturated heterocycles. The maximum absolute atomic E-state index is 13.1. The molecule has 1 heterocycles. The first-order valence-electron chi connectivity index (χ1n) is 7.74. The summed E-state index contributed by atoms with van der Waals surface area (Å²) in [7, 11) is 4.02. The Kier molecular flexibility index (Phi) is 3.62. The second kappa shape index (κ2) is 5.30. The van der Waals surface area contributed by atoms with Gasteiger partial charge in [-0.1, -0.05) is 38.0 Å². The van der Waals surface area contributed by atoms with Crippen molar-refractivity contribution in [1.82, 2.24) is 4.90 Å². The molecule has 0 bridgehead atoms. The first kappa shape index (κ1) is 14.3. The van der Waals surface area contributed by atoms with E-state index < -0.39 is 5.54 Å². The van der Waals surface area contributed by atoms with Gasteiger partial charge in [-0.15, -0.1) is 0 Å². The minimum Gasteiger partial charge on any atom is -0.453 e. The summed E-state index contributed by atoms with van der Waals surface area (Å²) >= 11 is 0. The van der Waals surface area contributed by atoms with Crippen molar-refractivity contribution < 1.29 is 9.21 Å². The Bertz CT molecular complexity index is 625. The Morgan fingerprint density at radius 3 is 2.76 bits per heavy atom. The zero-order valence-corrected chi connectivity index (χ0v) is 13.1. The van der Waals surface area contributed by atoms with Crippen LogP contribution in [0.15, 0.2) is 34.7 Å². The number of likely N-dealkylation sites (N-methyl/N-ethyl adjacent to an activating group) is 1. The zero-order chi connectivity index (χ0) is 15.0. The third-order valence-corrected chi connectivity index (χ3v) is 4.90. The molecule has 0 spiro atoms. The van der Waals surface area contributed by atoms with E-state index in [1.165, 1.54) is 6.42 Å². The number of nitrogens with zero attached hydrogens (tertiary/aromatic N) is 1. The SMILES string of the molecule is CC1CCCC(C(=O)c2cc3ccccc3o2)(N(C)C)C1. The first-order chi connectivity index (χ1) is 10.0. The minimum absolute atomic E-state index is 0.134. The van der Waals surface area contributed by atoms with Gasteiger partial charge >= 0.3 is 0 Å². The van der Waals surface area contributed by atoms with E-state index in [1.54, 1.807) is 0 Å². The lowest BCUT2D eigenvalue weighted by molar-refractivity contribution is 0.0460. The van der Waals surface area contributed by atoms with Crippen LogP contribution in [-0.2, 0) is 0 Å². The molecule has 1 aromatic heterocycles. The number of furan rings is 1. The van der Waals surface area contributed by atoms with Gasteiger partial charge in [-0.25, -0.2) is 0 Å². The van der Waals surface area contributed by atoms with Gasteiger partial charge < -0.3 is 4.42 Å². The molecule has 0 radical (unpaired) electrons. The second-order valence-corrected chi connectivity index (χ2v) is 6.61. The summed E-state index contributed by atoms with van der Waals surface area (Å²) < 4.78 is 5.82. The van der Waals surface area contributed by atoms with Crippen LogP contribution in [-0.4, -0.2) is 30.3 Å². The summed E-state index contributed by atoms with van der Waals surface area (Å²) in [6.45, 7) is 2.24. The number of hydrogen-bond donors (Lipinski definition) is 0. The highest BCUT2D eigenvalue weighted by Crippen LogP contribution is 2.38.